The standard InChI is InChI=1S/C26H29N7O5S/c1-2-37-23-15-27-14-20(30-23)16-3-8-21(29-13-16)32-25(34)26(11-17-4-5-18(12-26)38-17)24-28-10-9-22(31-24)33-39(35,36)19-6-7-19/h3,8-10,13-15,17-19H,2,4-7,11-12H2,1H3,(H,28,31,33)(H,29,32,34)/t17-,18+,26?. The van der Waals surface area contributed by atoms with Crippen LogP contribution in [0.5, 0.6) is 5.88 Å². The molecule has 1 aliphatic carbocycles. The summed E-state index contributed by atoms with van der Waals surface area (Å²) in [5.41, 5.74) is 0.227. The molecule has 3 aliphatic rings. The molecular formula is C26H29N7O5S. The first-order chi connectivity index (χ1) is 18.8. The van der Waals surface area contributed by atoms with Crippen LogP contribution in [0.15, 0.2) is 43.0 Å². The van der Waals surface area contributed by atoms with Gasteiger partial charge in [-0.1, -0.05) is 0 Å². The Morgan fingerprint density at radius 1 is 1.03 bits per heavy atom. The fourth-order valence-electron chi connectivity index (χ4n) is 5.22. The molecule has 3 atom stereocenters. The second-order valence-corrected chi connectivity index (χ2v) is 12.1. The summed E-state index contributed by atoms with van der Waals surface area (Å²) < 4.78 is 39.0. The number of fused-ring (bicyclic) bond motifs is 2. The van der Waals surface area contributed by atoms with Crippen LogP contribution in [0.1, 0.15) is 51.3 Å². The predicted molar refractivity (Wildman–Crippen MR) is 141 cm³/mol. The van der Waals surface area contributed by atoms with Crippen LogP contribution in [0, 0.1) is 0 Å². The van der Waals surface area contributed by atoms with Gasteiger partial charge in [-0.15, -0.1) is 0 Å². The highest BCUT2D eigenvalue weighted by atomic mass is 32.2. The summed E-state index contributed by atoms with van der Waals surface area (Å²) in [5.74, 6) is 0.918. The smallest absolute Gasteiger partial charge is 0.239 e. The van der Waals surface area contributed by atoms with Crippen LogP contribution in [0.4, 0.5) is 11.6 Å². The van der Waals surface area contributed by atoms with Gasteiger partial charge in [0.2, 0.25) is 21.8 Å². The van der Waals surface area contributed by atoms with Gasteiger partial charge in [0.15, 0.2) is 0 Å². The third-order valence-corrected chi connectivity index (χ3v) is 9.12. The van der Waals surface area contributed by atoms with Crippen molar-refractivity contribution in [1.29, 1.82) is 0 Å². The third-order valence-electron chi connectivity index (χ3n) is 7.28. The minimum Gasteiger partial charge on any atom is -0.477 e. The maximum absolute atomic E-state index is 13.9. The van der Waals surface area contributed by atoms with Crippen LogP contribution in [-0.2, 0) is 25.0 Å². The molecule has 6 rings (SSSR count). The van der Waals surface area contributed by atoms with E-state index in [0.29, 0.717) is 49.7 Å². The Morgan fingerprint density at radius 3 is 2.51 bits per heavy atom. The Morgan fingerprint density at radius 2 is 1.82 bits per heavy atom. The Labute approximate surface area is 226 Å². The first kappa shape index (κ1) is 25.6. The van der Waals surface area contributed by atoms with Gasteiger partial charge >= 0.3 is 0 Å². The van der Waals surface area contributed by atoms with Crippen LogP contribution in [0.25, 0.3) is 11.3 Å². The van der Waals surface area contributed by atoms with Gasteiger partial charge in [0.05, 0.1) is 42.2 Å². The molecule has 204 valence electrons. The van der Waals surface area contributed by atoms with Gasteiger partial charge < -0.3 is 14.8 Å². The molecule has 1 saturated carbocycles. The fourth-order valence-corrected chi connectivity index (χ4v) is 6.55. The topological polar surface area (TPSA) is 158 Å². The molecule has 0 radical (unpaired) electrons. The van der Waals surface area contributed by atoms with E-state index < -0.39 is 20.7 Å². The van der Waals surface area contributed by atoms with Crippen LogP contribution >= 0.6 is 0 Å². The lowest BCUT2D eigenvalue weighted by molar-refractivity contribution is -0.129. The van der Waals surface area contributed by atoms with E-state index in [-0.39, 0.29) is 29.8 Å². The molecule has 3 aromatic heterocycles. The number of carbonyl (C=O) groups is 1. The van der Waals surface area contributed by atoms with Crippen LogP contribution in [0.2, 0.25) is 0 Å². The number of sulfonamides is 1. The molecule has 2 aliphatic heterocycles. The molecule has 0 spiro atoms. The van der Waals surface area contributed by atoms with Crippen LogP contribution in [0.3, 0.4) is 0 Å². The zero-order valence-electron chi connectivity index (χ0n) is 21.4. The summed E-state index contributed by atoms with van der Waals surface area (Å²) in [7, 11) is -3.51. The van der Waals surface area contributed by atoms with Gasteiger partial charge in [0.1, 0.15) is 22.9 Å². The Balaban J connectivity index is 1.26. The van der Waals surface area contributed by atoms with Gasteiger partial charge in [-0.2, -0.15) is 0 Å². The van der Waals surface area contributed by atoms with E-state index >= 15 is 0 Å². The fraction of sp³-hybridized carbons (Fsp3) is 0.462. The van der Waals surface area contributed by atoms with E-state index in [0.717, 1.165) is 18.4 Å². The van der Waals surface area contributed by atoms with Crippen molar-refractivity contribution >= 4 is 27.6 Å². The number of ether oxygens (including phenoxy) is 2. The zero-order chi connectivity index (χ0) is 27.0. The van der Waals surface area contributed by atoms with Crippen molar-refractivity contribution in [3.8, 4) is 17.1 Å². The molecule has 0 aromatic carbocycles. The van der Waals surface area contributed by atoms with E-state index in [1.165, 1.54) is 12.3 Å². The van der Waals surface area contributed by atoms with E-state index in [9.17, 15) is 13.2 Å². The van der Waals surface area contributed by atoms with E-state index in [2.05, 4.69) is 35.0 Å². The van der Waals surface area contributed by atoms with Gasteiger partial charge in [0, 0.05) is 18.0 Å². The van der Waals surface area contributed by atoms with Crippen LogP contribution in [-0.4, -0.2) is 63.3 Å². The maximum Gasteiger partial charge on any atom is 0.239 e. The Bertz CT molecular complexity index is 1470. The minimum absolute atomic E-state index is 0.101. The number of hydrogen-bond acceptors (Lipinski definition) is 10. The van der Waals surface area contributed by atoms with Gasteiger partial charge in [-0.3, -0.25) is 14.5 Å². The lowest BCUT2D eigenvalue weighted by atomic mass is 9.75. The van der Waals surface area contributed by atoms with E-state index in [4.69, 9.17) is 9.47 Å². The number of pyridine rings is 1. The molecule has 3 aromatic rings. The molecule has 2 bridgehead atoms. The number of amides is 1. The van der Waals surface area contributed by atoms with E-state index in [1.807, 2.05) is 6.92 Å². The zero-order valence-corrected chi connectivity index (χ0v) is 22.2. The van der Waals surface area contributed by atoms with Gasteiger partial charge in [0.25, 0.3) is 0 Å². The Kier molecular flexibility index (Phi) is 6.63. The van der Waals surface area contributed by atoms with Crippen molar-refractivity contribution in [3.63, 3.8) is 0 Å². The van der Waals surface area contributed by atoms with Crippen molar-refractivity contribution < 1.29 is 22.7 Å². The number of aromatic nitrogens is 5. The van der Waals surface area contributed by atoms with Crippen molar-refractivity contribution in [2.45, 2.75) is 68.3 Å². The summed E-state index contributed by atoms with van der Waals surface area (Å²) in [6.07, 6.45) is 9.82. The lowest BCUT2D eigenvalue weighted by Crippen LogP contribution is -2.49. The first-order valence-electron chi connectivity index (χ1n) is 13.1. The van der Waals surface area contributed by atoms with Gasteiger partial charge in [-0.25, -0.2) is 28.4 Å². The summed E-state index contributed by atoms with van der Waals surface area (Å²) in [6.45, 7) is 2.35. The van der Waals surface area contributed by atoms with Gasteiger partial charge in [-0.05, 0) is 63.6 Å². The molecule has 12 nitrogen and oxygen atoms in total. The largest absolute Gasteiger partial charge is 0.477 e. The summed E-state index contributed by atoms with van der Waals surface area (Å²) in [6, 6.07) is 5.00. The molecular weight excluding hydrogens is 522 g/mol. The lowest BCUT2D eigenvalue weighted by Gasteiger charge is -2.38. The number of rotatable bonds is 9. The molecule has 13 heteroatoms. The summed E-state index contributed by atoms with van der Waals surface area (Å²) in [4.78, 5) is 35.9. The van der Waals surface area contributed by atoms with Crippen molar-refractivity contribution in [2.24, 2.45) is 0 Å². The predicted octanol–water partition coefficient (Wildman–Crippen LogP) is 2.85. The average Bonchev–Trinajstić information content (AvgIpc) is 3.74. The monoisotopic (exact) mass is 551 g/mol. The molecule has 39 heavy (non-hydrogen) atoms. The third kappa shape index (κ3) is 5.28. The van der Waals surface area contributed by atoms with Crippen molar-refractivity contribution in [3.05, 3.63) is 48.8 Å². The highest BCUT2D eigenvalue weighted by Crippen LogP contribution is 2.45. The second-order valence-electron chi connectivity index (χ2n) is 10.1. The molecule has 1 amide bonds. The maximum atomic E-state index is 13.9. The SMILES string of the molecule is CCOc1cncc(-c2ccc(NC(=O)C3(c4nccc(NS(=O)(=O)C5CC5)n4)C[C@H]4CC[C@@H](C3)O4)nc2)n1. The average molecular weight is 552 g/mol. The second kappa shape index (κ2) is 10.1. The van der Waals surface area contributed by atoms with Crippen molar-refractivity contribution in [2.75, 3.05) is 16.6 Å². The van der Waals surface area contributed by atoms with Crippen molar-refractivity contribution in [1.82, 2.24) is 24.9 Å². The normalized spacial score (nSPS) is 24.2. The Hall–Kier alpha value is -3.71. The quantitative estimate of drug-likeness (QED) is 0.405. The molecule has 3 fully saturated rings. The molecule has 2 saturated heterocycles. The molecule has 5 heterocycles. The molecule has 1 unspecified atom stereocenters. The number of carbonyl (C=O) groups excluding carboxylic acids is 1. The number of nitrogens with zero attached hydrogens (tertiary/aromatic N) is 5. The van der Waals surface area contributed by atoms with Crippen LogP contribution < -0.4 is 14.8 Å². The number of nitrogens with one attached hydrogen (secondary N) is 2. The summed E-state index contributed by atoms with van der Waals surface area (Å²) in [5, 5.41) is 2.55. The highest BCUT2D eigenvalue weighted by molar-refractivity contribution is 7.93. The highest BCUT2D eigenvalue weighted by Gasteiger charge is 2.53. The number of hydrogen-bond donors (Lipinski definition) is 2. The molecule has 2 N–H and O–H groups in total. The first-order valence-corrected chi connectivity index (χ1v) is 14.6. The summed E-state index contributed by atoms with van der Waals surface area (Å²) >= 11 is 0. The van der Waals surface area contributed by atoms with E-state index in [1.54, 1.807) is 30.7 Å². The number of anilines is 2. The minimum atomic E-state index is -3.51.